The molecule has 4 N–H and O–H groups in total. The average Bonchev–Trinajstić information content (AvgIpc) is 3.04. The van der Waals surface area contributed by atoms with Crippen LogP contribution in [-0.2, 0) is 29.3 Å². The molecule has 12 heteroatoms. The number of hydrogen-bond acceptors (Lipinski definition) is 6. The van der Waals surface area contributed by atoms with Gasteiger partial charge in [-0.15, -0.1) is 0 Å². The fourth-order valence-corrected chi connectivity index (χ4v) is 6.62. The average molecular weight is 648 g/mol. The molecule has 0 spiro atoms. The number of aliphatic hydroxyl groups is 1. The number of carbonyl (C=O) groups is 1. The molecule has 0 saturated heterocycles. The van der Waals surface area contributed by atoms with Crippen LogP contribution in [0.5, 0.6) is 5.75 Å². The van der Waals surface area contributed by atoms with Gasteiger partial charge in [0.2, 0.25) is 10.0 Å². The lowest BCUT2D eigenvalue weighted by Crippen LogP contribution is -2.48. The summed E-state index contributed by atoms with van der Waals surface area (Å²) in [6, 6.07) is 17.0. The van der Waals surface area contributed by atoms with Crippen molar-refractivity contribution in [1.29, 1.82) is 0 Å². The number of alkyl halides is 3. The highest BCUT2D eigenvalue weighted by atomic mass is 32.2. The number of methoxy groups -OCH3 is 1. The maximum absolute atomic E-state index is 13.4. The van der Waals surface area contributed by atoms with E-state index in [4.69, 9.17) is 4.74 Å². The first kappa shape index (κ1) is 34.4. The first-order chi connectivity index (χ1) is 21.4. The van der Waals surface area contributed by atoms with Crippen molar-refractivity contribution >= 4 is 15.9 Å². The smallest absolute Gasteiger partial charge is 0.416 e. The lowest BCUT2D eigenvalue weighted by molar-refractivity contribution is -0.137. The van der Waals surface area contributed by atoms with E-state index in [1.165, 1.54) is 37.4 Å². The minimum Gasteiger partial charge on any atom is -0.497 e. The molecule has 8 nitrogen and oxygen atoms in total. The topological polar surface area (TPSA) is 117 Å². The van der Waals surface area contributed by atoms with Crippen LogP contribution in [0.2, 0.25) is 0 Å². The van der Waals surface area contributed by atoms with Crippen LogP contribution in [0.4, 0.5) is 13.2 Å². The molecule has 0 radical (unpaired) electrons. The van der Waals surface area contributed by atoms with E-state index in [0.29, 0.717) is 29.2 Å². The predicted octanol–water partition coefficient (Wildman–Crippen LogP) is 5.41. The third kappa shape index (κ3) is 10.3. The summed E-state index contributed by atoms with van der Waals surface area (Å²) in [7, 11) is -2.43. The van der Waals surface area contributed by atoms with Crippen molar-refractivity contribution in [2.75, 3.05) is 13.7 Å². The van der Waals surface area contributed by atoms with Crippen LogP contribution < -0.4 is 20.1 Å². The zero-order valence-electron chi connectivity index (χ0n) is 25.1. The fourth-order valence-electron chi connectivity index (χ4n) is 5.56. The van der Waals surface area contributed by atoms with E-state index in [0.717, 1.165) is 44.2 Å². The van der Waals surface area contributed by atoms with Gasteiger partial charge in [0.05, 0.1) is 29.7 Å². The Kier molecular flexibility index (Phi) is 12.0. The molecule has 0 bridgehead atoms. The number of benzene rings is 3. The zero-order chi connectivity index (χ0) is 32.5. The molecule has 2 unspecified atom stereocenters. The standard InChI is InChI=1S/C33H40F3N3O5S/c1-44-28-14-6-11-25(17-28)21-38-45(42,43)29-15-7-12-26(19-29)32(41)39-30(18-23-8-3-2-4-9-23)31(40)22-37-20-24-10-5-13-27(16-24)33(34,35)36/h5-7,10-17,19,23,30-31,37-38,40H,2-4,8-9,18,20-22H2,1H3,(H,39,41). The number of rotatable bonds is 14. The predicted molar refractivity (Wildman–Crippen MR) is 165 cm³/mol. The lowest BCUT2D eigenvalue weighted by atomic mass is 9.83. The molecule has 2 atom stereocenters. The number of sulfonamides is 1. The molecule has 3 aromatic carbocycles. The Balaban J connectivity index is 1.41. The Morgan fingerprint density at radius 2 is 1.64 bits per heavy atom. The van der Waals surface area contributed by atoms with Gasteiger partial charge in [0, 0.05) is 25.2 Å². The number of carbonyl (C=O) groups excluding carboxylic acids is 1. The van der Waals surface area contributed by atoms with Gasteiger partial charge in [0.15, 0.2) is 0 Å². The quantitative estimate of drug-likeness (QED) is 0.186. The van der Waals surface area contributed by atoms with Crippen LogP contribution in [0.1, 0.15) is 65.6 Å². The van der Waals surface area contributed by atoms with Crippen LogP contribution >= 0.6 is 0 Å². The maximum Gasteiger partial charge on any atom is 0.416 e. The van der Waals surface area contributed by atoms with E-state index in [9.17, 15) is 31.5 Å². The van der Waals surface area contributed by atoms with Crippen molar-refractivity contribution in [1.82, 2.24) is 15.4 Å². The molecule has 1 aliphatic carbocycles. The lowest BCUT2D eigenvalue weighted by Gasteiger charge is -2.30. The first-order valence-corrected chi connectivity index (χ1v) is 16.5. The minimum absolute atomic E-state index is 0.0269. The number of ether oxygens (including phenoxy) is 1. The minimum atomic E-state index is -4.45. The van der Waals surface area contributed by atoms with Gasteiger partial charge < -0.3 is 20.5 Å². The number of amides is 1. The highest BCUT2D eigenvalue weighted by Gasteiger charge is 2.30. The number of aliphatic hydroxyl groups excluding tert-OH is 1. The van der Waals surface area contributed by atoms with Crippen molar-refractivity contribution in [2.45, 2.75) is 74.8 Å². The summed E-state index contributed by atoms with van der Waals surface area (Å²) in [5.41, 5.74) is 0.498. The largest absolute Gasteiger partial charge is 0.497 e. The van der Waals surface area contributed by atoms with Gasteiger partial charge in [-0.25, -0.2) is 13.1 Å². The highest BCUT2D eigenvalue weighted by molar-refractivity contribution is 7.89. The number of nitrogens with one attached hydrogen (secondary N) is 3. The summed E-state index contributed by atoms with van der Waals surface area (Å²) in [4.78, 5) is 13.3. The van der Waals surface area contributed by atoms with Gasteiger partial charge in [-0.2, -0.15) is 13.2 Å². The fraction of sp³-hybridized carbons (Fsp3) is 0.424. The summed E-state index contributed by atoms with van der Waals surface area (Å²) in [6.07, 6.45) is 0.272. The molecular formula is C33H40F3N3O5S. The van der Waals surface area contributed by atoms with Gasteiger partial charge in [-0.1, -0.05) is 68.5 Å². The molecule has 0 heterocycles. The Labute approximate surface area is 262 Å². The Bertz CT molecular complexity index is 1530. The monoisotopic (exact) mass is 647 g/mol. The summed E-state index contributed by atoms with van der Waals surface area (Å²) >= 11 is 0. The highest BCUT2D eigenvalue weighted by Crippen LogP contribution is 2.30. The van der Waals surface area contributed by atoms with Crippen molar-refractivity contribution in [3.8, 4) is 5.75 Å². The van der Waals surface area contributed by atoms with E-state index in [-0.39, 0.29) is 30.1 Å². The van der Waals surface area contributed by atoms with Crippen LogP contribution in [-0.4, -0.2) is 45.2 Å². The Morgan fingerprint density at radius 1 is 0.956 bits per heavy atom. The van der Waals surface area contributed by atoms with Crippen molar-refractivity contribution in [3.63, 3.8) is 0 Å². The molecule has 1 saturated carbocycles. The summed E-state index contributed by atoms with van der Waals surface area (Å²) in [6.45, 7) is 0.170. The van der Waals surface area contributed by atoms with E-state index < -0.39 is 39.8 Å². The molecule has 244 valence electrons. The van der Waals surface area contributed by atoms with Gasteiger partial charge in [0.1, 0.15) is 5.75 Å². The van der Waals surface area contributed by atoms with Crippen molar-refractivity contribution < 1.29 is 36.2 Å². The molecule has 45 heavy (non-hydrogen) atoms. The van der Waals surface area contributed by atoms with Gasteiger partial charge in [0.25, 0.3) is 5.91 Å². The van der Waals surface area contributed by atoms with Gasteiger partial charge in [-0.05, 0) is 59.9 Å². The first-order valence-electron chi connectivity index (χ1n) is 15.0. The molecule has 0 aliphatic heterocycles. The second kappa shape index (κ2) is 15.7. The van der Waals surface area contributed by atoms with Gasteiger partial charge in [-0.3, -0.25) is 4.79 Å². The van der Waals surface area contributed by atoms with Crippen molar-refractivity contribution in [2.24, 2.45) is 5.92 Å². The van der Waals surface area contributed by atoms with Crippen LogP contribution in [0.3, 0.4) is 0 Å². The molecule has 0 aromatic heterocycles. The van der Waals surface area contributed by atoms with Crippen LogP contribution in [0.15, 0.2) is 77.7 Å². The zero-order valence-corrected chi connectivity index (χ0v) is 26.0. The third-order valence-corrected chi connectivity index (χ3v) is 9.44. The van der Waals surface area contributed by atoms with E-state index in [1.54, 1.807) is 30.3 Å². The maximum atomic E-state index is 13.4. The van der Waals surface area contributed by atoms with Crippen molar-refractivity contribution in [3.05, 3.63) is 95.1 Å². The SMILES string of the molecule is COc1cccc(CNS(=O)(=O)c2cccc(C(=O)NC(CC3CCCCC3)C(O)CNCc3cccc(C(F)(F)F)c3)c2)c1. The number of halogens is 3. The van der Waals surface area contributed by atoms with E-state index in [2.05, 4.69) is 15.4 Å². The van der Waals surface area contributed by atoms with Crippen LogP contribution in [0.25, 0.3) is 0 Å². The summed E-state index contributed by atoms with van der Waals surface area (Å²) in [5, 5.41) is 17.0. The molecule has 1 fully saturated rings. The summed E-state index contributed by atoms with van der Waals surface area (Å²) in [5.74, 6) is 0.369. The third-order valence-electron chi connectivity index (χ3n) is 8.04. The normalized spacial score (nSPS) is 15.8. The van der Waals surface area contributed by atoms with E-state index >= 15 is 0 Å². The Hall–Kier alpha value is -3.45. The molecular weight excluding hydrogens is 607 g/mol. The Morgan fingerprint density at radius 3 is 2.36 bits per heavy atom. The summed E-state index contributed by atoms with van der Waals surface area (Å²) < 4.78 is 73.1. The second-order valence-corrected chi connectivity index (χ2v) is 13.2. The molecule has 1 amide bonds. The molecule has 4 rings (SSSR count). The molecule has 3 aromatic rings. The van der Waals surface area contributed by atoms with Crippen LogP contribution in [0, 0.1) is 5.92 Å². The number of hydrogen-bond donors (Lipinski definition) is 4. The second-order valence-electron chi connectivity index (χ2n) is 11.4. The van der Waals surface area contributed by atoms with Gasteiger partial charge >= 0.3 is 6.18 Å². The molecule has 1 aliphatic rings. The van der Waals surface area contributed by atoms with E-state index in [1.807, 2.05) is 0 Å².